The molecule has 0 fully saturated rings. The maximum Gasteiger partial charge on any atom is 0.189 e. The minimum atomic E-state index is -0.478. The molecule has 0 N–H and O–H groups in total. The highest BCUT2D eigenvalue weighted by Gasteiger charge is 2.35. The third kappa shape index (κ3) is 4.95. The lowest BCUT2D eigenvalue weighted by Crippen LogP contribution is -2.31. The van der Waals surface area contributed by atoms with Crippen LogP contribution in [0.4, 0.5) is 0 Å². The smallest absolute Gasteiger partial charge is 0.189 e. The molecular formula is C26H28NOP. The van der Waals surface area contributed by atoms with Crippen molar-refractivity contribution in [2.24, 2.45) is 10.4 Å². The van der Waals surface area contributed by atoms with Crippen LogP contribution in [0.1, 0.15) is 19.4 Å². The molecule has 0 saturated heterocycles. The number of ether oxygens (including phenoxy) is 1. The molecule has 3 aromatic rings. The lowest BCUT2D eigenvalue weighted by molar-refractivity contribution is 0.283. The van der Waals surface area contributed by atoms with E-state index in [1.165, 1.54) is 16.2 Å². The number of hydrogen-bond donors (Lipinski definition) is 0. The maximum atomic E-state index is 6.14. The normalized spacial score (nSPS) is 16.5. The first-order valence-corrected chi connectivity index (χ1v) is 11.8. The van der Waals surface area contributed by atoms with Crippen LogP contribution < -0.4 is 10.6 Å². The second-order valence-corrected chi connectivity index (χ2v) is 10.4. The highest BCUT2D eigenvalue weighted by Crippen LogP contribution is 2.42. The summed E-state index contributed by atoms with van der Waals surface area (Å²) in [4.78, 5) is 5.00. The Morgan fingerprint density at radius 3 is 1.90 bits per heavy atom. The van der Waals surface area contributed by atoms with Gasteiger partial charge in [-0.15, -0.1) is 0 Å². The highest BCUT2D eigenvalue weighted by atomic mass is 31.1. The minimum absolute atomic E-state index is 0.108. The summed E-state index contributed by atoms with van der Waals surface area (Å²) < 4.78 is 6.14. The van der Waals surface area contributed by atoms with Crippen LogP contribution >= 0.6 is 7.92 Å². The van der Waals surface area contributed by atoms with Crippen LogP contribution in [0.3, 0.4) is 0 Å². The molecule has 0 unspecified atom stereocenters. The third-order valence-electron chi connectivity index (χ3n) is 5.29. The van der Waals surface area contributed by atoms with Gasteiger partial charge in [0.25, 0.3) is 0 Å². The quantitative estimate of drug-likeness (QED) is 0.500. The topological polar surface area (TPSA) is 21.6 Å². The predicted octanol–water partition coefficient (Wildman–Crippen LogP) is 5.19. The van der Waals surface area contributed by atoms with E-state index in [0.29, 0.717) is 6.61 Å². The number of benzene rings is 3. The molecule has 4 rings (SSSR count). The summed E-state index contributed by atoms with van der Waals surface area (Å²) in [5.74, 6) is 0.915. The lowest BCUT2D eigenvalue weighted by Gasteiger charge is -2.30. The minimum Gasteiger partial charge on any atom is -0.478 e. The van der Waals surface area contributed by atoms with E-state index >= 15 is 0 Å². The van der Waals surface area contributed by atoms with Gasteiger partial charge in [0.05, 0.1) is 6.04 Å². The molecule has 0 bridgehead atoms. The summed E-state index contributed by atoms with van der Waals surface area (Å²) in [5.41, 5.74) is 1.21. The molecule has 3 heteroatoms. The molecule has 148 valence electrons. The van der Waals surface area contributed by atoms with Gasteiger partial charge in [-0.3, -0.25) is 0 Å². The third-order valence-corrected chi connectivity index (χ3v) is 8.24. The Hall–Kier alpha value is -2.44. The van der Waals surface area contributed by atoms with Crippen LogP contribution in [-0.4, -0.2) is 24.7 Å². The second kappa shape index (κ2) is 8.93. The molecule has 1 atom stereocenters. The molecule has 0 aromatic heterocycles. The van der Waals surface area contributed by atoms with E-state index in [-0.39, 0.29) is 11.5 Å². The van der Waals surface area contributed by atoms with Gasteiger partial charge in [0.15, 0.2) is 5.90 Å². The molecule has 29 heavy (non-hydrogen) atoms. The highest BCUT2D eigenvalue weighted by molar-refractivity contribution is 7.73. The van der Waals surface area contributed by atoms with Crippen LogP contribution in [0.5, 0.6) is 0 Å². The van der Waals surface area contributed by atoms with E-state index in [2.05, 4.69) is 105 Å². The molecule has 0 amide bonds. The molecule has 1 heterocycles. The van der Waals surface area contributed by atoms with Crippen molar-refractivity contribution in [1.82, 2.24) is 0 Å². The Kier molecular flexibility index (Phi) is 6.11. The number of rotatable bonds is 7. The predicted molar refractivity (Wildman–Crippen MR) is 125 cm³/mol. The molecule has 3 aromatic carbocycles. The van der Waals surface area contributed by atoms with Crippen molar-refractivity contribution in [2.75, 3.05) is 12.8 Å². The van der Waals surface area contributed by atoms with E-state index < -0.39 is 7.92 Å². The second-order valence-electron chi connectivity index (χ2n) is 8.23. The van der Waals surface area contributed by atoms with Crippen LogP contribution in [0, 0.1) is 5.41 Å². The lowest BCUT2D eigenvalue weighted by atomic mass is 9.96. The Bertz CT molecular complexity index is 899. The zero-order valence-corrected chi connectivity index (χ0v) is 18.1. The largest absolute Gasteiger partial charge is 0.478 e. The van der Waals surface area contributed by atoms with Gasteiger partial charge in [-0.05, 0) is 36.7 Å². The van der Waals surface area contributed by atoms with Gasteiger partial charge >= 0.3 is 0 Å². The molecule has 0 saturated carbocycles. The van der Waals surface area contributed by atoms with Crippen molar-refractivity contribution in [3.05, 3.63) is 96.6 Å². The van der Waals surface area contributed by atoms with Gasteiger partial charge in [-0.2, -0.15) is 0 Å². The van der Waals surface area contributed by atoms with Gasteiger partial charge in [0.2, 0.25) is 0 Å². The summed E-state index contributed by atoms with van der Waals surface area (Å²) >= 11 is 0. The van der Waals surface area contributed by atoms with Gasteiger partial charge in [-0.25, -0.2) is 4.99 Å². The summed E-state index contributed by atoms with van der Waals surface area (Å²) in [5, 5.41) is 2.81. The van der Waals surface area contributed by atoms with Crippen molar-refractivity contribution in [3.63, 3.8) is 0 Å². The Balaban J connectivity index is 1.54. The first-order chi connectivity index (χ1) is 14.1. The van der Waals surface area contributed by atoms with E-state index in [4.69, 9.17) is 9.73 Å². The van der Waals surface area contributed by atoms with Gasteiger partial charge in [0, 0.05) is 5.41 Å². The molecular weight excluding hydrogens is 373 g/mol. The van der Waals surface area contributed by atoms with Crippen molar-refractivity contribution in [2.45, 2.75) is 26.3 Å². The average molecular weight is 401 g/mol. The van der Waals surface area contributed by atoms with Gasteiger partial charge in [-0.1, -0.05) is 105 Å². The van der Waals surface area contributed by atoms with Crippen molar-refractivity contribution in [1.29, 1.82) is 0 Å². The summed E-state index contributed by atoms with van der Waals surface area (Å²) in [6.07, 6.45) is 1.96. The summed E-state index contributed by atoms with van der Waals surface area (Å²) in [6, 6.07) is 32.5. The van der Waals surface area contributed by atoms with E-state index in [1.54, 1.807) is 0 Å². The van der Waals surface area contributed by atoms with Gasteiger partial charge < -0.3 is 4.74 Å². The van der Waals surface area contributed by atoms with E-state index in [1.807, 2.05) is 0 Å². The fraction of sp³-hybridized carbons (Fsp3) is 0.269. The average Bonchev–Trinajstić information content (AvgIpc) is 3.24. The molecule has 0 spiro atoms. The van der Waals surface area contributed by atoms with Gasteiger partial charge in [0.1, 0.15) is 6.61 Å². The van der Waals surface area contributed by atoms with Crippen molar-refractivity contribution in [3.8, 4) is 0 Å². The zero-order chi connectivity index (χ0) is 20.1. The Labute approximate surface area is 175 Å². The van der Waals surface area contributed by atoms with Crippen LogP contribution in [0.15, 0.2) is 96.0 Å². The van der Waals surface area contributed by atoms with E-state index in [0.717, 1.165) is 18.5 Å². The van der Waals surface area contributed by atoms with Crippen LogP contribution in [0.2, 0.25) is 0 Å². The van der Waals surface area contributed by atoms with Crippen molar-refractivity contribution >= 4 is 24.4 Å². The Morgan fingerprint density at radius 1 is 0.828 bits per heavy atom. The van der Waals surface area contributed by atoms with Crippen LogP contribution in [0.25, 0.3) is 0 Å². The number of hydrogen-bond acceptors (Lipinski definition) is 2. The zero-order valence-electron chi connectivity index (χ0n) is 17.2. The standard InChI is InChI=1S/C26H28NOP/c1-26(2,25-27-22(19-28-25)18-21-12-6-3-7-13-21)20-29(23-14-8-4-9-15-23)24-16-10-5-11-17-24/h3-17,22H,18-20H2,1-2H3/t22-/m1/s1. The Morgan fingerprint density at radius 2 is 1.34 bits per heavy atom. The molecule has 2 nitrogen and oxygen atoms in total. The molecule has 1 aliphatic rings. The fourth-order valence-corrected chi connectivity index (χ4v) is 6.44. The molecule has 0 radical (unpaired) electrons. The summed E-state index contributed by atoms with van der Waals surface area (Å²) in [6.45, 7) is 5.23. The SMILES string of the molecule is CC(C)(CP(c1ccccc1)c1ccccc1)C1=N[C@H](Cc2ccccc2)CO1. The maximum absolute atomic E-state index is 6.14. The molecule has 1 aliphatic heterocycles. The van der Waals surface area contributed by atoms with Crippen LogP contribution in [-0.2, 0) is 11.2 Å². The molecule has 0 aliphatic carbocycles. The number of nitrogens with zero attached hydrogens (tertiary/aromatic N) is 1. The monoisotopic (exact) mass is 401 g/mol. The van der Waals surface area contributed by atoms with E-state index in [9.17, 15) is 0 Å². The first-order valence-electron chi connectivity index (χ1n) is 10.2. The van der Waals surface area contributed by atoms with Crippen molar-refractivity contribution < 1.29 is 4.74 Å². The number of aliphatic imine (C=N–C) groups is 1. The first kappa shape index (κ1) is 19.9. The fourth-order valence-electron chi connectivity index (χ4n) is 3.79. The summed E-state index contributed by atoms with van der Waals surface area (Å²) in [7, 11) is -0.478.